The van der Waals surface area contributed by atoms with Gasteiger partial charge in [-0.05, 0) is 127 Å². The van der Waals surface area contributed by atoms with Crippen molar-refractivity contribution < 1.29 is 66.7 Å². The Bertz CT molecular complexity index is 5890. The van der Waals surface area contributed by atoms with Crippen LogP contribution in [0.15, 0.2) is 189 Å². The van der Waals surface area contributed by atoms with Crippen LogP contribution in [0, 0.1) is 50.6 Å². The van der Waals surface area contributed by atoms with Crippen LogP contribution in [0.4, 0.5) is 56.9 Å². The zero-order valence-electron chi connectivity index (χ0n) is 77.2. The maximum Gasteiger partial charge on any atom is 0.270 e. The van der Waals surface area contributed by atoms with Gasteiger partial charge in [-0.1, -0.05) is 171 Å². The van der Waals surface area contributed by atoms with Gasteiger partial charge in [0.2, 0.25) is 50.1 Å². The van der Waals surface area contributed by atoms with Gasteiger partial charge in [0.1, 0.15) is 24.5 Å². The van der Waals surface area contributed by atoms with Crippen molar-refractivity contribution in [3.8, 4) is 0 Å². The Morgan fingerprint density at radius 3 is 0.909 bits per heavy atom. The molecule has 40 nitrogen and oxygen atoms in total. The van der Waals surface area contributed by atoms with Gasteiger partial charge in [-0.3, -0.25) is 70.5 Å². The van der Waals surface area contributed by atoms with E-state index in [0.717, 1.165) is 58.1 Å². The van der Waals surface area contributed by atoms with Gasteiger partial charge in [0.05, 0.1) is 65.3 Å². The molecule has 0 radical (unpaired) electrons. The Kier molecular flexibility index (Phi) is 46.2. The molecule has 1 saturated heterocycles. The van der Waals surface area contributed by atoms with Gasteiger partial charge in [0, 0.05) is 294 Å². The molecule has 0 amide bonds. The van der Waals surface area contributed by atoms with Crippen molar-refractivity contribution >= 4 is 266 Å². The van der Waals surface area contributed by atoms with Crippen LogP contribution in [0.1, 0.15) is 51.2 Å². The zero-order valence-corrected chi connectivity index (χ0v) is 97.1. The average molecular weight is 2720 g/mol. The third-order valence-electron chi connectivity index (χ3n) is 23.6. The highest BCUT2D eigenvalue weighted by Crippen LogP contribution is 2.41. The number of sulfonamides is 5. The van der Waals surface area contributed by atoms with Crippen LogP contribution >= 0.6 is 159 Å². The van der Waals surface area contributed by atoms with E-state index in [0.29, 0.717) is 218 Å². The van der Waals surface area contributed by atoms with Gasteiger partial charge in [0.15, 0.2) is 0 Å². The number of non-ortho nitro benzene ring substituents is 5. The van der Waals surface area contributed by atoms with Crippen LogP contribution in [0.2, 0.25) is 0 Å². The van der Waals surface area contributed by atoms with Gasteiger partial charge < -0.3 is 29.4 Å². The second-order valence-corrected chi connectivity index (χ2v) is 49.8. The topological polar surface area (TPSA) is 474 Å². The summed E-state index contributed by atoms with van der Waals surface area (Å²) in [6, 6.07) is 31.4. The highest BCUT2D eigenvalue weighted by atomic mass is 79.9. The Hall–Kier alpha value is -6.99. The van der Waals surface area contributed by atoms with E-state index in [1.807, 2.05) is 61.9 Å². The first kappa shape index (κ1) is 118. The van der Waals surface area contributed by atoms with E-state index in [-0.39, 0.29) is 85.6 Å². The van der Waals surface area contributed by atoms with Crippen molar-refractivity contribution in [2.75, 3.05) is 203 Å². The van der Waals surface area contributed by atoms with Gasteiger partial charge in [0.25, 0.3) is 28.4 Å². The minimum atomic E-state index is -3.96. The Morgan fingerprint density at radius 2 is 0.566 bits per heavy atom. The number of hydrogen-bond donors (Lipinski definition) is 0. The molecular formula is C88H104Br10N20O20S5. The summed E-state index contributed by atoms with van der Waals surface area (Å²) < 4.78 is 142. The SMILES string of the molecule is CN1CCCN(S(=O)(=O)c2cc([N+](=O)[O-])ccc2N(CCBr)CCBr)CC1.O=[N+]([O-])c1ccc(N(CCBr)CCBr)c(S(=O)(=O)N2CCc3cccnc3C2)c1.O=[N+]([O-])c1ccc(N(CCBr)CCBr)c(S(=O)(=O)N2CCc3ccncc3C2)c1.O=[N+]([O-])c1ccc(N(CCBr)CCBr)c(S(=O)(=O)N2CCc3cnccc3C2)c1.O=[N+]([O-])c1ccc(N(CCBr)CCBr)c(S(=O)(=O)N2CCc3ncccc3C2)c1. The predicted molar refractivity (Wildman–Crippen MR) is 588 cm³/mol. The molecule has 0 bridgehead atoms. The second-order valence-electron chi connectivity index (χ2n) is 32.3. The van der Waals surface area contributed by atoms with E-state index >= 15 is 0 Å². The molecule has 14 rings (SSSR count). The van der Waals surface area contributed by atoms with E-state index in [1.165, 1.54) is 100 Å². The van der Waals surface area contributed by atoms with Crippen LogP contribution in [0.25, 0.3) is 0 Å². The number of fused-ring (bicyclic) bond motifs is 4. The molecule has 143 heavy (non-hydrogen) atoms. The van der Waals surface area contributed by atoms with Gasteiger partial charge in [-0.2, -0.15) is 21.5 Å². The molecule has 9 aromatic rings. The number of rotatable bonds is 40. The van der Waals surface area contributed by atoms with E-state index in [9.17, 15) is 92.7 Å². The molecule has 5 aliphatic rings. The summed E-state index contributed by atoms with van der Waals surface area (Å²) in [5.74, 6) is 0. The number of hydrogen-bond acceptors (Lipinski definition) is 30. The molecule has 5 aliphatic heterocycles. The van der Waals surface area contributed by atoms with Crippen LogP contribution in [-0.4, -0.2) is 291 Å². The predicted octanol–water partition coefficient (Wildman–Crippen LogP) is 15.8. The second kappa shape index (κ2) is 56.0. The molecule has 0 atom stereocenters. The molecule has 0 N–H and O–H groups in total. The maximum absolute atomic E-state index is 13.5. The van der Waals surface area contributed by atoms with E-state index < -0.39 is 74.7 Å². The lowest BCUT2D eigenvalue weighted by Crippen LogP contribution is -2.38. The monoisotopic (exact) mass is 2710 g/mol. The van der Waals surface area contributed by atoms with E-state index in [1.54, 1.807) is 49.3 Å². The number of nitrogens with zero attached hydrogens (tertiary/aromatic N) is 20. The molecule has 0 saturated carbocycles. The molecule has 0 spiro atoms. The number of anilines is 5. The Morgan fingerprint density at radius 1 is 0.287 bits per heavy atom. The van der Waals surface area contributed by atoms with Crippen LogP contribution in [0.3, 0.4) is 0 Å². The lowest BCUT2D eigenvalue weighted by molar-refractivity contribution is -0.385. The number of aromatic nitrogens is 4. The Labute approximate surface area is 915 Å². The number of likely N-dealkylation sites (N-methyl/N-ethyl adjacent to an activating group) is 1. The van der Waals surface area contributed by atoms with Crippen molar-refractivity contribution in [2.24, 2.45) is 0 Å². The Balaban J connectivity index is 0.000000184. The number of pyridine rings is 4. The number of benzene rings is 5. The molecule has 9 heterocycles. The van der Waals surface area contributed by atoms with Crippen molar-refractivity contribution in [1.29, 1.82) is 0 Å². The molecule has 5 aromatic carbocycles. The van der Waals surface area contributed by atoms with Crippen molar-refractivity contribution in [2.45, 2.75) is 82.8 Å². The highest BCUT2D eigenvalue weighted by Gasteiger charge is 2.40. The van der Waals surface area contributed by atoms with Crippen molar-refractivity contribution in [1.82, 2.24) is 46.4 Å². The summed E-state index contributed by atoms with van der Waals surface area (Å²) in [6.45, 7) is 9.95. The van der Waals surface area contributed by atoms with Gasteiger partial charge in [-0.15, -0.1) is 0 Å². The summed E-state index contributed by atoms with van der Waals surface area (Å²) in [7, 11) is -17.7. The smallest absolute Gasteiger partial charge is 0.270 e. The van der Waals surface area contributed by atoms with E-state index in [2.05, 4.69) is 184 Å². The van der Waals surface area contributed by atoms with Crippen LogP contribution in [0.5, 0.6) is 0 Å². The van der Waals surface area contributed by atoms with Crippen molar-refractivity contribution in [3.05, 3.63) is 260 Å². The summed E-state index contributed by atoms with van der Waals surface area (Å²) in [5, 5.41) is 62.9. The molecule has 4 aromatic heterocycles. The molecule has 0 aliphatic carbocycles. The lowest BCUT2D eigenvalue weighted by atomic mass is 10.0. The number of alkyl halides is 10. The quantitative estimate of drug-likeness (QED) is 0.0195. The first-order valence-electron chi connectivity index (χ1n) is 44.5. The fourth-order valence-corrected chi connectivity index (χ4v) is 28.9. The fraction of sp³-hybridized carbons (Fsp3) is 0.432. The molecule has 776 valence electrons. The first-order valence-corrected chi connectivity index (χ1v) is 62.9. The summed E-state index contributed by atoms with van der Waals surface area (Å²) in [6.07, 6.45) is 13.0. The minimum Gasteiger partial charge on any atom is -0.369 e. The highest BCUT2D eigenvalue weighted by molar-refractivity contribution is 9.10. The molecule has 55 heteroatoms. The zero-order chi connectivity index (χ0) is 104. The van der Waals surface area contributed by atoms with Crippen LogP contribution < -0.4 is 24.5 Å². The molecule has 1 fully saturated rings. The third-order valence-corrected chi connectivity index (χ3v) is 36.6. The third kappa shape index (κ3) is 30.7. The standard InChI is InChI=1S/4C18H20Br2N4O4S.C16H24Br2N4O4S/c19-5-9-22(10-6-20)17-2-1-16(24(25)26)11-18(17)29(27,28)23-8-4-14-12-21-7-3-15(14)13-23;19-5-9-22(10-6-20)17-2-1-16(24(25)26)11-18(17)29(27,28)23-8-4-14-3-7-21-12-15(14)13-23;19-6-10-22(11-7-20)17-4-3-15(24(25)26)12-18(17)29(27,28)23-9-5-16-14(13-23)2-1-8-21-16;19-6-10-22(11-7-20)17-4-3-15(24(25)26)12-18(17)29(27,28)23-9-5-14-2-1-8-21-16(14)13-23;1-19-7-2-8-21(12-11-19)27(25,26)16-13-14(22(23)24)3-4-15(16)20(9-5-17)10-6-18/h2*1-3,7,11-12H,4-6,8-10,13H2;2*1-4,8,12H,5-7,9-11,13H2;3-4,13H,2,5-12H2,1H3. The first-order chi connectivity index (χ1) is 68.3. The van der Waals surface area contributed by atoms with E-state index in [4.69, 9.17) is 0 Å². The maximum atomic E-state index is 13.5. The lowest BCUT2D eigenvalue weighted by Gasteiger charge is -2.31. The fourth-order valence-electron chi connectivity index (χ4n) is 16.4. The average Bonchev–Trinajstić information content (AvgIpc) is 1.16. The van der Waals surface area contributed by atoms with Gasteiger partial charge in [-0.25, -0.2) is 42.1 Å². The largest absolute Gasteiger partial charge is 0.369 e. The number of nitro groups is 5. The molecule has 0 unspecified atom stereocenters. The minimum absolute atomic E-state index is 0.00292. The summed E-state index contributed by atoms with van der Waals surface area (Å²) >= 11 is 33.9. The summed E-state index contributed by atoms with van der Waals surface area (Å²) in [4.78, 5) is 81.9. The normalized spacial score (nSPS) is 14.9. The summed E-state index contributed by atoms with van der Waals surface area (Å²) in [5.41, 5.74) is 8.49. The number of nitro benzene ring substituents is 5. The molecular weight excluding hydrogens is 2620 g/mol. The van der Waals surface area contributed by atoms with Crippen LogP contribution in [-0.2, 0) is 102 Å². The van der Waals surface area contributed by atoms with Gasteiger partial charge >= 0.3 is 0 Å². The van der Waals surface area contributed by atoms with Crippen molar-refractivity contribution in [3.63, 3.8) is 0 Å². The number of halogens is 10.